The van der Waals surface area contributed by atoms with Crippen LogP contribution in [0.2, 0.25) is 0 Å². The molecule has 0 spiro atoms. The van der Waals surface area contributed by atoms with Crippen LogP contribution in [0.4, 0.5) is 13.2 Å². The molecule has 0 amide bonds. The van der Waals surface area contributed by atoms with Gasteiger partial charge in [-0.05, 0) is 51.1 Å². The van der Waals surface area contributed by atoms with Crippen LogP contribution in [0.1, 0.15) is 32.1 Å². The molecule has 2 atom stereocenters. The molecular formula is C12H21F3N2. The zero-order valence-corrected chi connectivity index (χ0v) is 10.0. The Balaban J connectivity index is 1.72. The van der Waals surface area contributed by atoms with Crippen molar-refractivity contribution in [2.24, 2.45) is 17.6 Å². The molecule has 17 heavy (non-hydrogen) atoms. The summed E-state index contributed by atoms with van der Waals surface area (Å²) in [6, 6.07) is 0.313. The zero-order valence-electron chi connectivity index (χ0n) is 10.0. The van der Waals surface area contributed by atoms with Gasteiger partial charge in [0.2, 0.25) is 0 Å². The third-order valence-corrected chi connectivity index (χ3v) is 4.15. The number of rotatable bonds is 2. The van der Waals surface area contributed by atoms with E-state index in [0.717, 1.165) is 25.8 Å². The topological polar surface area (TPSA) is 29.3 Å². The highest BCUT2D eigenvalue weighted by molar-refractivity contribution is 4.83. The summed E-state index contributed by atoms with van der Waals surface area (Å²) in [6.07, 6.45) is -0.213. The zero-order chi connectivity index (χ0) is 12.5. The molecule has 2 rings (SSSR count). The van der Waals surface area contributed by atoms with Gasteiger partial charge in [0.05, 0.1) is 5.92 Å². The second-order valence-electron chi connectivity index (χ2n) is 5.56. The molecule has 0 aromatic rings. The van der Waals surface area contributed by atoms with Crippen LogP contribution in [0.15, 0.2) is 0 Å². The number of halogens is 3. The quantitative estimate of drug-likeness (QED) is 0.815. The van der Waals surface area contributed by atoms with E-state index in [1.165, 1.54) is 0 Å². The Bertz CT molecular complexity index is 247. The van der Waals surface area contributed by atoms with E-state index in [9.17, 15) is 13.2 Å². The van der Waals surface area contributed by atoms with Gasteiger partial charge >= 0.3 is 6.18 Å². The average molecular weight is 250 g/mol. The average Bonchev–Trinajstić information content (AvgIpc) is 2.63. The van der Waals surface area contributed by atoms with Gasteiger partial charge in [0.25, 0.3) is 0 Å². The second-order valence-corrected chi connectivity index (χ2v) is 5.56. The van der Waals surface area contributed by atoms with Gasteiger partial charge in [0, 0.05) is 12.6 Å². The molecule has 5 heteroatoms. The Labute approximate surface area is 100 Å². The van der Waals surface area contributed by atoms with Gasteiger partial charge in [-0.15, -0.1) is 0 Å². The minimum atomic E-state index is -4.00. The van der Waals surface area contributed by atoms with Crippen LogP contribution in [0.3, 0.4) is 0 Å². The molecule has 100 valence electrons. The van der Waals surface area contributed by atoms with Crippen LogP contribution >= 0.6 is 0 Å². The van der Waals surface area contributed by atoms with E-state index in [0.29, 0.717) is 25.0 Å². The van der Waals surface area contributed by atoms with Crippen LogP contribution in [0.5, 0.6) is 0 Å². The van der Waals surface area contributed by atoms with Crippen molar-refractivity contribution in [1.82, 2.24) is 4.90 Å². The predicted molar refractivity (Wildman–Crippen MR) is 60.5 cm³/mol. The van der Waals surface area contributed by atoms with E-state index in [2.05, 4.69) is 4.90 Å². The summed E-state index contributed by atoms with van der Waals surface area (Å²) < 4.78 is 37.5. The second kappa shape index (κ2) is 5.14. The first-order chi connectivity index (χ1) is 7.95. The van der Waals surface area contributed by atoms with Crippen molar-refractivity contribution in [2.45, 2.75) is 44.3 Å². The Morgan fingerprint density at radius 1 is 1.06 bits per heavy atom. The van der Waals surface area contributed by atoms with Gasteiger partial charge in [-0.3, -0.25) is 0 Å². The SMILES string of the molecule is NC1CCC(CN2CCC(C(F)(F)F)CC2)C1. The molecule has 0 aromatic carbocycles. The van der Waals surface area contributed by atoms with Crippen LogP contribution in [0.25, 0.3) is 0 Å². The first-order valence-corrected chi connectivity index (χ1v) is 6.50. The van der Waals surface area contributed by atoms with E-state index < -0.39 is 12.1 Å². The molecule has 1 saturated carbocycles. The molecule has 1 saturated heterocycles. The molecule has 2 unspecified atom stereocenters. The fraction of sp³-hybridized carbons (Fsp3) is 1.00. The van der Waals surface area contributed by atoms with Gasteiger partial charge < -0.3 is 10.6 Å². The van der Waals surface area contributed by atoms with Crippen LogP contribution in [-0.2, 0) is 0 Å². The van der Waals surface area contributed by atoms with E-state index in [1.807, 2.05) is 0 Å². The summed E-state index contributed by atoms with van der Waals surface area (Å²) in [5.74, 6) is -0.475. The van der Waals surface area contributed by atoms with Gasteiger partial charge in [0.15, 0.2) is 0 Å². The summed E-state index contributed by atoms with van der Waals surface area (Å²) in [7, 11) is 0. The first-order valence-electron chi connectivity index (χ1n) is 6.50. The van der Waals surface area contributed by atoms with E-state index in [4.69, 9.17) is 5.73 Å². The molecule has 1 aliphatic carbocycles. The van der Waals surface area contributed by atoms with Gasteiger partial charge in [-0.1, -0.05) is 0 Å². The van der Waals surface area contributed by atoms with Crippen molar-refractivity contribution < 1.29 is 13.2 Å². The fourth-order valence-corrected chi connectivity index (χ4v) is 3.09. The van der Waals surface area contributed by atoms with E-state index in [1.54, 1.807) is 0 Å². The van der Waals surface area contributed by atoms with Crippen molar-refractivity contribution in [2.75, 3.05) is 19.6 Å². The molecule has 1 aliphatic heterocycles. The lowest BCUT2D eigenvalue weighted by molar-refractivity contribution is -0.185. The minimum absolute atomic E-state index is 0.266. The van der Waals surface area contributed by atoms with Crippen LogP contribution in [-0.4, -0.2) is 36.8 Å². The van der Waals surface area contributed by atoms with Gasteiger partial charge in [-0.2, -0.15) is 13.2 Å². The number of hydrogen-bond donors (Lipinski definition) is 1. The number of alkyl halides is 3. The van der Waals surface area contributed by atoms with E-state index in [-0.39, 0.29) is 12.8 Å². The summed E-state index contributed by atoms with van der Waals surface area (Å²) in [4.78, 5) is 2.19. The summed E-state index contributed by atoms with van der Waals surface area (Å²) in [5.41, 5.74) is 5.84. The van der Waals surface area contributed by atoms with Crippen molar-refractivity contribution in [3.05, 3.63) is 0 Å². The van der Waals surface area contributed by atoms with Crippen molar-refractivity contribution in [3.63, 3.8) is 0 Å². The molecule has 0 bridgehead atoms. The maximum atomic E-state index is 12.5. The maximum absolute atomic E-state index is 12.5. The molecule has 2 N–H and O–H groups in total. The number of hydrogen-bond acceptors (Lipinski definition) is 2. The maximum Gasteiger partial charge on any atom is 0.391 e. The summed E-state index contributed by atoms with van der Waals surface area (Å²) >= 11 is 0. The fourth-order valence-electron chi connectivity index (χ4n) is 3.09. The highest BCUT2D eigenvalue weighted by atomic mass is 19.4. The Kier molecular flexibility index (Phi) is 3.98. The molecular weight excluding hydrogens is 229 g/mol. The van der Waals surface area contributed by atoms with E-state index >= 15 is 0 Å². The monoisotopic (exact) mass is 250 g/mol. The lowest BCUT2D eigenvalue weighted by Gasteiger charge is -2.34. The van der Waals surface area contributed by atoms with Gasteiger partial charge in [0.1, 0.15) is 0 Å². The molecule has 2 nitrogen and oxygen atoms in total. The third kappa shape index (κ3) is 3.58. The molecule has 2 aliphatic rings. The number of nitrogens with two attached hydrogens (primary N) is 1. The lowest BCUT2D eigenvalue weighted by atomic mass is 9.95. The van der Waals surface area contributed by atoms with Crippen LogP contribution in [0, 0.1) is 11.8 Å². The molecule has 0 aromatic heterocycles. The number of likely N-dealkylation sites (tertiary alicyclic amines) is 1. The minimum Gasteiger partial charge on any atom is -0.328 e. The number of nitrogens with zero attached hydrogens (tertiary/aromatic N) is 1. The van der Waals surface area contributed by atoms with Crippen molar-refractivity contribution in [3.8, 4) is 0 Å². The summed E-state index contributed by atoms with van der Waals surface area (Å²) in [5, 5.41) is 0. The highest BCUT2D eigenvalue weighted by Crippen LogP contribution is 2.35. The summed E-state index contributed by atoms with van der Waals surface area (Å²) in [6.45, 7) is 2.13. The molecule has 2 fully saturated rings. The van der Waals surface area contributed by atoms with Gasteiger partial charge in [-0.25, -0.2) is 0 Å². The van der Waals surface area contributed by atoms with Crippen LogP contribution < -0.4 is 5.73 Å². The Morgan fingerprint density at radius 2 is 1.71 bits per heavy atom. The largest absolute Gasteiger partial charge is 0.391 e. The first kappa shape index (κ1) is 13.1. The molecule has 0 radical (unpaired) electrons. The predicted octanol–water partition coefficient (Wildman–Crippen LogP) is 2.39. The lowest BCUT2D eigenvalue weighted by Crippen LogP contribution is -2.40. The number of piperidine rings is 1. The molecule has 1 heterocycles. The normalized spacial score (nSPS) is 33.2. The highest BCUT2D eigenvalue weighted by Gasteiger charge is 2.41. The smallest absolute Gasteiger partial charge is 0.328 e. The Morgan fingerprint density at radius 3 is 2.18 bits per heavy atom. The van der Waals surface area contributed by atoms with Crippen molar-refractivity contribution >= 4 is 0 Å². The van der Waals surface area contributed by atoms with Crippen molar-refractivity contribution in [1.29, 1.82) is 0 Å². The third-order valence-electron chi connectivity index (χ3n) is 4.15. The Hall–Kier alpha value is -0.290. The standard InChI is InChI=1S/C12H21F3N2/c13-12(14,15)10-3-5-17(6-4-10)8-9-1-2-11(16)7-9/h9-11H,1-8,16H2.